The van der Waals surface area contributed by atoms with Gasteiger partial charge in [0.25, 0.3) is 0 Å². The fourth-order valence-electron chi connectivity index (χ4n) is 0.832. The quantitative estimate of drug-likeness (QED) is 0.661. The van der Waals surface area contributed by atoms with Gasteiger partial charge in [-0.25, -0.2) is 0 Å². The van der Waals surface area contributed by atoms with E-state index in [0.717, 1.165) is 5.69 Å². The van der Waals surface area contributed by atoms with Gasteiger partial charge in [0.2, 0.25) is 0 Å². The Bertz CT molecular complexity index is 278. The lowest BCUT2D eigenvalue weighted by Gasteiger charge is -2.19. The molecule has 0 saturated heterocycles. The predicted octanol–water partition coefficient (Wildman–Crippen LogP) is 1.54. The minimum Gasteiger partial charge on any atom is -0.481 e. The zero-order valence-electron chi connectivity index (χ0n) is 7.79. The lowest BCUT2D eigenvalue weighted by molar-refractivity contribution is -0.146. The van der Waals surface area contributed by atoms with E-state index < -0.39 is 11.4 Å². The summed E-state index contributed by atoms with van der Waals surface area (Å²) in [6.45, 7) is 3.80. The van der Waals surface area contributed by atoms with Crippen molar-refractivity contribution >= 4 is 11.7 Å². The first-order chi connectivity index (χ1) is 6.02. The zero-order chi connectivity index (χ0) is 9.90. The normalized spacial score (nSPS) is 11.2. The third-order valence-electron chi connectivity index (χ3n) is 1.91. The van der Waals surface area contributed by atoms with Gasteiger partial charge in [0.1, 0.15) is 0 Å². The number of hydrogen-bond acceptors (Lipinski definition) is 2. The first-order valence-electron chi connectivity index (χ1n) is 4.12. The number of anilines is 1. The monoisotopic (exact) mass is 182 g/mol. The average Bonchev–Trinajstić information content (AvgIpc) is 2.52. The number of hydrogen-bond donors (Lipinski definition) is 3. The van der Waals surface area contributed by atoms with Crippen LogP contribution in [0.3, 0.4) is 0 Å². The molecule has 0 spiro atoms. The Labute approximate surface area is 77.0 Å². The van der Waals surface area contributed by atoms with Crippen LogP contribution in [0.15, 0.2) is 18.5 Å². The molecule has 0 fully saturated rings. The third-order valence-corrected chi connectivity index (χ3v) is 1.91. The van der Waals surface area contributed by atoms with Crippen molar-refractivity contribution in [2.45, 2.75) is 13.8 Å². The van der Waals surface area contributed by atoms with Gasteiger partial charge in [-0.15, -0.1) is 0 Å². The highest BCUT2D eigenvalue weighted by atomic mass is 16.4. The van der Waals surface area contributed by atoms with E-state index in [-0.39, 0.29) is 0 Å². The lowest BCUT2D eigenvalue weighted by atomic mass is 9.94. The van der Waals surface area contributed by atoms with Crippen LogP contribution in [-0.2, 0) is 4.79 Å². The summed E-state index contributed by atoms with van der Waals surface area (Å²) >= 11 is 0. The van der Waals surface area contributed by atoms with Crippen molar-refractivity contribution in [1.82, 2.24) is 4.98 Å². The van der Waals surface area contributed by atoms with Crippen molar-refractivity contribution < 1.29 is 9.90 Å². The second-order valence-electron chi connectivity index (χ2n) is 3.64. The van der Waals surface area contributed by atoms with Gasteiger partial charge in [0, 0.05) is 18.9 Å². The Balaban J connectivity index is 2.47. The van der Waals surface area contributed by atoms with Crippen molar-refractivity contribution in [3.8, 4) is 0 Å². The van der Waals surface area contributed by atoms with E-state index in [1.165, 1.54) is 0 Å². The maximum atomic E-state index is 10.7. The summed E-state index contributed by atoms with van der Waals surface area (Å²) < 4.78 is 0. The van der Waals surface area contributed by atoms with E-state index in [2.05, 4.69) is 10.3 Å². The molecule has 1 aromatic heterocycles. The molecule has 0 bridgehead atoms. The number of aliphatic carboxylic acids is 1. The molecule has 0 aromatic carbocycles. The summed E-state index contributed by atoms with van der Waals surface area (Å²) in [7, 11) is 0. The van der Waals surface area contributed by atoms with Gasteiger partial charge < -0.3 is 15.4 Å². The van der Waals surface area contributed by atoms with Crippen LogP contribution in [0.2, 0.25) is 0 Å². The van der Waals surface area contributed by atoms with E-state index >= 15 is 0 Å². The van der Waals surface area contributed by atoms with Gasteiger partial charge in [-0.2, -0.15) is 0 Å². The molecule has 0 aliphatic carbocycles. The number of carboxylic acids is 1. The van der Waals surface area contributed by atoms with Gasteiger partial charge in [0.15, 0.2) is 0 Å². The highest BCUT2D eigenvalue weighted by Crippen LogP contribution is 2.16. The molecule has 4 nitrogen and oxygen atoms in total. The summed E-state index contributed by atoms with van der Waals surface area (Å²) in [5.74, 6) is -0.796. The second-order valence-corrected chi connectivity index (χ2v) is 3.64. The molecular weight excluding hydrogens is 168 g/mol. The Kier molecular flexibility index (Phi) is 2.60. The van der Waals surface area contributed by atoms with Crippen molar-refractivity contribution in [2.24, 2.45) is 5.41 Å². The average molecular weight is 182 g/mol. The highest BCUT2D eigenvalue weighted by molar-refractivity contribution is 5.74. The molecule has 0 unspecified atom stereocenters. The molecule has 0 saturated carbocycles. The molecule has 4 heteroatoms. The van der Waals surface area contributed by atoms with Crippen molar-refractivity contribution in [3.63, 3.8) is 0 Å². The van der Waals surface area contributed by atoms with Gasteiger partial charge in [-0.3, -0.25) is 4.79 Å². The third kappa shape index (κ3) is 2.50. The lowest BCUT2D eigenvalue weighted by Crippen LogP contribution is -2.31. The SMILES string of the molecule is CC(C)(CNc1cc[nH]c1)C(=O)O. The van der Waals surface area contributed by atoms with E-state index in [1.807, 2.05) is 6.07 Å². The van der Waals surface area contributed by atoms with Crippen molar-refractivity contribution in [3.05, 3.63) is 18.5 Å². The molecule has 0 atom stereocenters. The number of H-pyrrole nitrogens is 1. The van der Waals surface area contributed by atoms with Gasteiger partial charge in [-0.1, -0.05) is 0 Å². The van der Waals surface area contributed by atoms with Crippen LogP contribution in [0, 0.1) is 5.41 Å². The number of aromatic amines is 1. The molecule has 3 N–H and O–H groups in total. The van der Waals surface area contributed by atoms with E-state index in [0.29, 0.717) is 6.54 Å². The minimum absolute atomic E-state index is 0.417. The molecule has 0 aliphatic rings. The van der Waals surface area contributed by atoms with E-state index in [1.54, 1.807) is 26.2 Å². The number of nitrogens with one attached hydrogen (secondary N) is 2. The molecule has 1 aromatic rings. The van der Waals surface area contributed by atoms with Crippen LogP contribution < -0.4 is 5.32 Å². The highest BCUT2D eigenvalue weighted by Gasteiger charge is 2.26. The molecule has 1 heterocycles. The van der Waals surface area contributed by atoms with Gasteiger partial charge in [-0.05, 0) is 19.9 Å². The first kappa shape index (κ1) is 9.64. The van der Waals surface area contributed by atoms with Crippen molar-refractivity contribution in [2.75, 3.05) is 11.9 Å². The number of rotatable bonds is 4. The summed E-state index contributed by atoms with van der Waals surface area (Å²) in [5, 5.41) is 11.9. The standard InChI is InChI=1S/C9H14N2O2/c1-9(2,8(12)13)6-11-7-3-4-10-5-7/h3-5,10-11H,6H2,1-2H3,(H,12,13). The van der Waals surface area contributed by atoms with Crippen LogP contribution >= 0.6 is 0 Å². The van der Waals surface area contributed by atoms with E-state index in [4.69, 9.17) is 5.11 Å². The van der Waals surface area contributed by atoms with Crippen LogP contribution in [0.1, 0.15) is 13.8 Å². The summed E-state index contributed by atoms with van der Waals surface area (Å²) in [6, 6.07) is 1.86. The number of aromatic nitrogens is 1. The molecule has 72 valence electrons. The topological polar surface area (TPSA) is 65.1 Å². The van der Waals surface area contributed by atoms with Crippen LogP contribution in [-0.4, -0.2) is 22.6 Å². The molecule has 0 aliphatic heterocycles. The van der Waals surface area contributed by atoms with Gasteiger partial charge >= 0.3 is 5.97 Å². The first-order valence-corrected chi connectivity index (χ1v) is 4.12. The summed E-state index contributed by atoms with van der Waals surface area (Å²) in [4.78, 5) is 13.6. The molecule has 13 heavy (non-hydrogen) atoms. The fourth-order valence-corrected chi connectivity index (χ4v) is 0.832. The largest absolute Gasteiger partial charge is 0.481 e. The molecular formula is C9H14N2O2. The van der Waals surface area contributed by atoms with Crippen molar-refractivity contribution in [1.29, 1.82) is 0 Å². The Morgan fingerprint density at radius 1 is 1.69 bits per heavy atom. The summed E-state index contributed by atoms with van der Waals surface area (Å²) in [6.07, 6.45) is 3.58. The summed E-state index contributed by atoms with van der Waals surface area (Å²) in [5.41, 5.74) is 0.173. The van der Waals surface area contributed by atoms with Crippen LogP contribution in [0.25, 0.3) is 0 Å². The van der Waals surface area contributed by atoms with Crippen LogP contribution in [0.4, 0.5) is 5.69 Å². The van der Waals surface area contributed by atoms with Gasteiger partial charge in [0.05, 0.1) is 11.1 Å². The minimum atomic E-state index is -0.796. The molecule has 0 amide bonds. The second kappa shape index (κ2) is 3.51. The Morgan fingerprint density at radius 3 is 2.85 bits per heavy atom. The smallest absolute Gasteiger partial charge is 0.310 e. The van der Waals surface area contributed by atoms with Crippen LogP contribution in [0.5, 0.6) is 0 Å². The number of carbonyl (C=O) groups is 1. The maximum Gasteiger partial charge on any atom is 0.310 e. The zero-order valence-corrected chi connectivity index (χ0v) is 7.79. The molecule has 0 radical (unpaired) electrons. The fraction of sp³-hybridized carbons (Fsp3) is 0.444. The number of carboxylic acid groups (broad SMARTS) is 1. The molecule has 1 rings (SSSR count). The Hall–Kier alpha value is -1.45. The Morgan fingerprint density at radius 2 is 2.38 bits per heavy atom. The maximum absolute atomic E-state index is 10.7. The predicted molar refractivity (Wildman–Crippen MR) is 50.7 cm³/mol. The van der Waals surface area contributed by atoms with E-state index in [9.17, 15) is 4.79 Å².